The van der Waals surface area contributed by atoms with E-state index in [0.717, 1.165) is 0 Å². The van der Waals surface area contributed by atoms with Gasteiger partial charge in [0.1, 0.15) is 5.82 Å². The van der Waals surface area contributed by atoms with Crippen molar-refractivity contribution in [3.8, 4) is 0 Å². The number of carboxylic acids is 1. The average molecular weight is 267 g/mol. The number of rotatable bonds is 3. The van der Waals surface area contributed by atoms with E-state index in [1.807, 2.05) is 11.8 Å². The van der Waals surface area contributed by atoms with E-state index in [2.05, 4.69) is 4.98 Å². The molecule has 19 heavy (non-hydrogen) atoms. The summed E-state index contributed by atoms with van der Waals surface area (Å²) in [7, 11) is 0. The van der Waals surface area contributed by atoms with Crippen LogP contribution in [-0.4, -0.2) is 53.1 Å². The first kappa shape index (κ1) is 13.6. The van der Waals surface area contributed by atoms with Crippen LogP contribution in [0.4, 0.5) is 11.5 Å². The number of nitrogens with zero attached hydrogens (tertiary/aromatic N) is 2. The predicted molar refractivity (Wildman–Crippen MR) is 69.2 cm³/mol. The van der Waals surface area contributed by atoms with Crippen molar-refractivity contribution in [2.24, 2.45) is 0 Å². The van der Waals surface area contributed by atoms with Gasteiger partial charge >= 0.3 is 5.97 Å². The first-order chi connectivity index (χ1) is 9.02. The molecule has 7 heteroatoms. The van der Waals surface area contributed by atoms with E-state index in [9.17, 15) is 9.90 Å². The van der Waals surface area contributed by atoms with Gasteiger partial charge in [-0.2, -0.15) is 0 Å². The minimum atomic E-state index is -1.05. The number of anilines is 2. The number of aromatic carboxylic acids is 1. The Hall–Kier alpha value is -1.86. The molecule has 4 N–H and O–H groups in total. The molecule has 7 nitrogen and oxygen atoms in total. The van der Waals surface area contributed by atoms with E-state index in [0.29, 0.717) is 18.8 Å². The number of morpholine rings is 1. The third-order valence-electron chi connectivity index (χ3n) is 3.15. The Morgan fingerprint density at radius 2 is 2.42 bits per heavy atom. The third-order valence-corrected chi connectivity index (χ3v) is 3.15. The highest BCUT2D eigenvalue weighted by Gasteiger charge is 2.28. The Morgan fingerprint density at radius 3 is 3.05 bits per heavy atom. The molecule has 0 bridgehead atoms. The van der Waals surface area contributed by atoms with Crippen LogP contribution in [0.15, 0.2) is 12.3 Å². The predicted octanol–water partition coefficient (Wildman–Crippen LogP) is -0.0520. The molecule has 1 saturated heterocycles. The van der Waals surface area contributed by atoms with Crippen LogP contribution in [0.25, 0.3) is 0 Å². The van der Waals surface area contributed by atoms with E-state index in [1.165, 1.54) is 12.3 Å². The quantitative estimate of drug-likeness (QED) is 0.704. The van der Waals surface area contributed by atoms with Crippen molar-refractivity contribution < 1.29 is 19.7 Å². The number of pyridine rings is 1. The summed E-state index contributed by atoms with van der Waals surface area (Å²) in [6.07, 6.45) is 1.13. The zero-order valence-electron chi connectivity index (χ0n) is 10.6. The van der Waals surface area contributed by atoms with Crippen LogP contribution in [-0.2, 0) is 4.74 Å². The van der Waals surface area contributed by atoms with Crippen LogP contribution in [0, 0.1) is 0 Å². The molecule has 2 heterocycles. The van der Waals surface area contributed by atoms with Gasteiger partial charge in [-0.3, -0.25) is 0 Å². The molecule has 0 aliphatic carbocycles. The lowest BCUT2D eigenvalue weighted by atomic mass is 10.1. The van der Waals surface area contributed by atoms with E-state index < -0.39 is 5.97 Å². The molecule has 1 aromatic heterocycles. The van der Waals surface area contributed by atoms with Gasteiger partial charge in [0.2, 0.25) is 0 Å². The molecule has 104 valence electrons. The minimum absolute atomic E-state index is 0.00586. The van der Waals surface area contributed by atoms with Gasteiger partial charge in [0.25, 0.3) is 0 Å². The molecule has 0 amide bonds. The van der Waals surface area contributed by atoms with Crippen molar-refractivity contribution in [1.29, 1.82) is 0 Å². The van der Waals surface area contributed by atoms with Crippen molar-refractivity contribution in [3.05, 3.63) is 17.8 Å². The molecule has 1 aliphatic rings. The van der Waals surface area contributed by atoms with Crippen LogP contribution in [0.5, 0.6) is 0 Å². The lowest BCUT2D eigenvalue weighted by Gasteiger charge is -2.39. The van der Waals surface area contributed by atoms with Crippen LogP contribution < -0.4 is 10.6 Å². The summed E-state index contributed by atoms with van der Waals surface area (Å²) in [4.78, 5) is 17.1. The highest BCUT2D eigenvalue weighted by atomic mass is 16.5. The van der Waals surface area contributed by atoms with Crippen LogP contribution in [0.3, 0.4) is 0 Å². The van der Waals surface area contributed by atoms with E-state index >= 15 is 0 Å². The van der Waals surface area contributed by atoms with Crippen molar-refractivity contribution in [2.45, 2.75) is 19.1 Å². The molecule has 2 unspecified atom stereocenters. The van der Waals surface area contributed by atoms with Gasteiger partial charge in [0.05, 0.1) is 36.8 Å². The number of aliphatic hydroxyl groups is 1. The summed E-state index contributed by atoms with van der Waals surface area (Å²) in [5, 5.41) is 18.4. The van der Waals surface area contributed by atoms with Crippen molar-refractivity contribution >= 4 is 17.5 Å². The van der Waals surface area contributed by atoms with Gasteiger partial charge in [-0.1, -0.05) is 0 Å². The molecule has 1 aliphatic heterocycles. The molecule has 0 spiro atoms. The van der Waals surface area contributed by atoms with E-state index in [4.69, 9.17) is 15.6 Å². The fraction of sp³-hybridized carbons (Fsp3) is 0.500. The SMILES string of the molecule is CC1COC(CO)CN1c1cnc(N)cc1C(=O)O. The summed E-state index contributed by atoms with van der Waals surface area (Å²) >= 11 is 0. The molecule has 0 saturated carbocycles. The Kier molecular flexibility index (Phi) is 3.87. The summed E-state index contributed by atoms with van der Waals surface area (Å²) in [5.74, 6) is -0.885. The summed E-state index contributed by atoms with van der Waals surface area (Å²) in [6.45, 7) is 2.67. The monoisotopic (exact) mass is 267 g/mol. The largest absolute Gasteiger partial charge is 0.478 e. The molecule has 2 rings (SSSR count). The molecule has 0 aromatic carbocycles. The van der Waals surface area contributed by atoms with Crippen LogP contribution in [0.1, 0.15) is 17.3 Å². The summed E-state index contributed by atoms with van der Waals surface area (Å²) in [5.41, 5.74) is 6.13. The molecule has 0 radical (unpaired) electrons. The van der Waals surface area contributed by atoms with Crippen molar-refractivity contribution in [2.75, 3.05) is 30.4 Å². The topological polar surface area (TPSA) is 109 Å². The molecular formula is C12H17N3O4. The summed E-state index contributed by atoms with van der Waals surface area (Å²) in [6, 6.07) is 1.35. The molecule has 1 aromatic rings. The third kappa shape index (κ3) is 2.77. The van der Waals surface area contributed by atoms with Gasteiger partial charge in [0.15, 0.2) is 0 Å². The Balaban J connectivity index is 2.36. The number of carbonyl (C=O) groups is 1. The number of hydrogen-bond acceptors (Lipinski definition) is 6. The molecule has 1 fully saturated rings. The first-order valence-electron chi connectivity index (χ1n) is 6.00. The minimum Gasteiger partial charge on any atom is -0.478 e. The van der Waals surface area contributed by atoms with Crippen molar-refractivity contribution in [1.82, 2.24) is 4.98 Å². The first-order valence-corrected chi connectivity index (χ1v) is 6.00. The summed E-state index contributed by atoms with van der Waals surface area (Å²) < 4.78 is 5.43. The second kappa shape index (κ2) is 5.41. The smallest absolute Gasteiger partial charge is 0.338 e. The van der Waals surface area contributed by atoms with Gasteiger partial charge in [-0.05, 0) is 13.0 Å². The number of aliphatic hydroxyl groups excluding tert-OH is 1. The maximum Gasteiger partial charge on any atom is 0.338 e. The number of nitrogens with two attached hydrogens (primary N) is 1. The molecular weight excluding hydrogens is 250 g/mol. The zero-order chi connectivity index (χ0) is 14.0. The standard InChI is InChI=1S/C12H17N3O4/c1-7-6-19-8(5-16)4-15(7)10-3-14-11(13)2-9(10)12(17)18/h2-3,7-8,16H,4-6H2,1H3,(H2,13,14)(H,17,18). The maximum atomic E-state index is 11.3. The normalized spacial score (nSPS) is 23.4. The Morgan fingerprint density at radius 1 is 1.68 bits per heavy atom. The van der Waals surface area contributed by atoms with Gasteiger partial charge in [-0.15, -0.1) is 0 Å². The average Bonchev–Trinajstić information content (AvgIpc) is 2.39. The number of hydrogen-bond donors (Lipinski definition) is 3. The second-order valence-electron chi connectivity index (χ2n) is 4.57. The van der Waals surface area contributed by atoms with Gasteiger partial charge in [-0.25, -0.2) is 9.78 Å². The van der Waals surface area contributed by atoms with Crippen molar-refractivity contribution in [3.63, 3.8) is 0 Å². The number of nitrogen functional groups attached to an aromatic ring is 1. The Labute approximate surface area is 110 Å². The van der Waals surface area contributed by atoms with Gasteiger partial charge < -0.3 is 25.6 Å². The maximum absolute atomic E-state index is 11.3. The fourth-order valence-electron chi connectivity index (χ4n) is 2.13. The fourth-order valence-corrected chi connectivity index (χ4v) is 2.13. The lowest BCUT2D eigenvalue weighted by molar-refractivity contribution is -0.0104. The second-order valence-corrected chi connectivity index (χ2v) is 4.57. The number of aromatic nitrogens is 1. The Bertz CT molecular complexity index is 480. The van der Waals surface area contributed by atoms with E-state index in [1.54, 1.807) is 0 Å². The highest BCUT2D eigenvalue weighted by molar-refractivity contribution is 5.95. The number of carboxylic acid groups (broad SMARTS) is 1. The zero-order valence-corrected chi connectivity index (χ0v) is 10.6. The lowest BCUT2D eigenvalue weighted by Crippen LogP contribution is -2.50. The van der Waals surface area contributed by atoms with Gasteiger partial charge in [0, 0.05) is 12.6 Å². The number of ether oxygens (including phenoxy) is 1. The molecule has 2 atom stereocenters. The van der Waals surface area contributed by atoms with E-state index in [-0.39, 0.29) is 30.1 Å². The highest BCUT2D eigenvalue weighted by Crippen LogP contribution is 2.26. The van der Waals surface area contributed by atoms with Crippen LogP contribution >= 0.6 is 0 Å². The van der Waals surface area contributed by atoms with Crippen LogP contribution in [0.2, 0.25) is 0 Å².